The second-order valence-corrected chi connectivity index (χ2v) is 7.61. The van der Waals surface area contributed by atoms with Crippen LogP contribution in [0, 0.1) is 29.1 Å². The van der Waals surface area contributed by atoms with Gasteiger partial charge >= 0.3 is 0 Å². The molecule has 4 rings (SSSR count). The van der Waals surface area contributed by atoms with Crippen molar-refractivity contribution in [1.29, 1.82) is 5.26 Å². The van der Waals surface area contributed by atoms with Gasteiger partial charge in [0.05, 0.1) is 0 Å². The predicted octanol–water partition coefficient (Wildman–Crippen LogP) is 2.10. The van der Waals surface area contributed by atoms with Gasteiger partial charge in [0.1, 0.15) is 11.6 Å². The summed E-state index contributed by atoms with van der Waals surface area (Å²) in [6.45, 7) is 1.14. The number of ether oxygens (including phenoxy) is 1. The summed E-state index contributed by atoms with van der Waals surface area (Å²) in [6, 6.07) is 2.03. The first-order chi connectivity index (χ1) is 11.1. The van der Waals surface area contributed by atoms with E-state index in [9.17, 15) is 10.1 Å². The van der Waals surface area contributed by atoms with Gasteiger partial charge in [0.15, 0.2) is 0 Å². The Kier molecular flexibility index (Phi) is 4.91. The van der Waals surface area contributed by atoms with Gasteiger partial charge in [-0.25, -0.2) is 0 Å². The molecule has 126 valence electrons. The first-order valence-electron chi connectivity index (χ1n) is 8.79. The number of hydrogen-bond acceptors (Lipinski definition) is 4. The summed E-state index contributed by atoms with van der Waals surface area (Å²) in [6.07, 6.45) is 10.2. The Hall–Kier alpha value is -1.54. The average Bonchev–Trinajstić information content (AvgIpc) is 2.51. The molecule has 5 nitrogen and oxygen atoms in total. The van der Waals surface area contributed by atoms with E-state index >= 15 is 0 Å². The lowest BCUT2D eigenvalue weighted by atomic mass is 9.53. The maximum Gasteiger partial charge on any atom is 0.263 e. The monoisotopic (exact) mass is 317 g/mol. The van der Waals surface area contributed by atoms with Crippen LogP contribution in [0.2, 0.25) is 0 Å². The summed E-state index contributed by atoms with van der Waals surface area (Å²) in [5, 5.41) is 15.5. The van der Waals surface area contributed by atoms with Crippen LogP contribution in [0.25, 0.3) is 0 Å². The van der Waals surface area contributed by atoms with Gasteiger partial charge in [-0.1, -0.05) is 0 Å². The SMILES string of the molecule is COCCCNC(=O)/C(C#N)=C\NC12CC3CC(CC(C3)C1)C2. The maximum atomic E-state index is 12.1. The molecule has 2 N–H and O–H groups in total. The Labute approximate surface area is 138 Å². The second-order valence-electron chi connectivity index (χ2n) is 7.61. The molecule has 0 aromatic rings. The van der Waals surface area contributed by atoms with Crippen LogP contribution in [0.4, 0.5) is 0 Å². The molecule has 0 aliphatic heterocycles. The lowest BCUT2D eigenvalue weighted by molar-refractivity contribution is -0.117. The van der Waals surface area contributed by atoms with E-state index in [1.165, 1.54) is 38.5 Å². The molecule has 5 heteroatoms. The van der Waals surface area contributed by atoms with Crippen molar-refractivity contribution >= 4 is 5.91 Å². The zero-order valence-corrected chi connectivity index (χ0v) is 13.9. The number of amides is 1. The van der Waals surface area contributed by atoms with Crippen LogP contribution in [-0.2, 0) is 9.53 Å². The largest absolute Gasteiger partial charge is 0.385 e. The highest BCUT2D eigenvalue weighted by Crippen LogP contribution is 2.55. The Bertz CT molecular complexity index is 486. The fourth-order valence-corrected chi connectivity index (χ4v) is 5.17. The van der Waals surface area contributed by atoms with E-state index in [-0.39, 0.29) is 17.0 Å². The van der Waals surface area contributed by atoms with Crippen LogP contribution in [0.5, 0.6) is 0 Å². The summed E-state index contributed by atoms with van der Waals surface area (Å²) in [7, 11) is 1.64. The summed E-state index contributed by atoms with van der Waals surface area (Å²) >= 11 is 0. The van der Waals surface area contributed by atoms with Crippen molar-refractivity contribution in [3.05, 3.63) is 11.8 Å². The highest BCUT2D eigenvalue weighted by Gasteiger charge is 2.50. The quantitative estimate of drug-likeness (QED) is 0.428. The van der Waals surface area contributed by atoms with Crippen LogP contribution in [-0.4, -0.2) is 31.7 Å². The van der Waals surface area contributed by atoms with Gasteiger partial charge in [0.25, 0.3) is 5.91 Å². The molecule has 0 aromatic carbocycles. The van der Waals surface area contributed by atoms with E-state index in [4.69, 9.17) is 4.74 Å². The minimum absolute atomic E-state index is 0.132. The van der Waals surface area contributed by atoms with Crippen molar-refractivity contribution in [1.82, 2.24) is 10.6 Å². The molecule has 0 atom stereocenters. The highest BCUT2D eigenvalue weighted by atomic mass is 16.5. The van der Waals surface area contributed by atoms with Crippen molar-refractivity contribution in [2.45, 2.75) is 50.5 Å². The standard InChI is InChI=1S/C18H27N3O2/c1-23-4-2-3-20-17(22)16(11-19)12-21-18-8-13-5-14(9-18)7-15(6-13)10-18/h12-15,21H,2-10H2,1H3,(H,20,22)/b16-12-. The highest BCUT2D eigenvalue weighted by molar-refractivity contribution is 5.97. The zero-order chi connectivity index (χ0) is 16.3. The molecule has 4 aliphatic carbocycles. The molecule has 4 fully saturated rings. The van der Waals surface area contributed by atoms with Gasteiger partial charge in [-0.3, -0.25) is 4.79 Å². The normalized spacial score (nSPS) is 35.0. The van der Waals surface area contributed by atoms with E-state index in [0.29, 0.717) is 13.2 Å². The number of nitrogens with zero attached hydrogens (tertiary/aromatic N) is 1. The molecule has 0 unspecified atom stereocenters. The first-order valence-corrected chi connectivity index (χ1v) is 8.79. The van der Waals surface area contributed by atoms with E-state index in [1.54, 1.807) is 13.3 Å². The summed E-state index contributed by atoms with van der Waals surface area (Å²) in [5.41, 5.74) is 0.311. The van der Waals surface area contributed by atoms with E-state index < -0.39 is 0 Å². The van der Waals surface area contributed by atoms with Crippen molar-refractivity contribution in [2.24, 2.45) is 17.8 Å². The van der Waals surface area contributed by atoms with Crippen LogP contribution in [0.1, 0.15) is 44.9 Å². The van der Waals surface area contributed by atoms with Gasteiger partial charge in [0, 0.05) is 32.0 Å². The van der Waals surface area contributed by atoms with Gasteiger partial charge in [-0.2, -0.15) is 5.26 Å². The summed E-state index contributed by atoms with van der Waals surface area (Å²) in [4.78, 5) is 12.1. The molecule has 4 bridgehead atoms. The number of hydrogen-bond donors (Lipinski definition) is 2. The first kappa shape index (κ1) is 16.3. The lowest BCUT2D eigenvalue weighted by Gasteiger charge is -2.56. The number of carbonyl (C=O) groups excluding carboxylic acids is 1. The Morgan fingerprint density at radius 2 is 1.87 bits per heavy atom. The van der Waals surface area contributed by atoms with Crippen LogP contribution in [0.15, 0.2) is 11.8 Å². The average molecular weight is 317 g/mol. The fraction of sp³-hybridized carbons (Fsp3) is 0.778. The minimum Gasteiger partial charge on any atom is -0.385 e. The summed E-state index contributed by atoms with van der Waals surface area (Å²) in [5.74, 6) is 2.24. The Morgan fingerprint density at radius 3 is 2.39 bits per heavy atom. The molecule has 0 saturated heterocycles. The molecule has 0 heterocycles. The third kappa shape index (κ3) is 3.69. The molecule has 0 radical (unpaired) electrons. The van der Waals surface area contributed by atoms with Gasteiger partial charge in [-0.05, 0) is 62.7 Å². The maximum absolute atomic E-state index is 12.1. The Balaban J connectivity index is 1.57. The number of carbonyl (C=O) groups is 1. The predicted molar refractivity (Wildman–Crippen MR) is 87.2 cm³/mol. The van der Waals surface area contributed by atoms with Crippen LogP contribution in [0.3, 0.4) is 0 Å². The molecule has 1 amide bonds. The van der Waals surface area contributed by atoms with Crippen molar-refractivity contribution in [3.63, 3.8) is 0 Å². The van der Waals surface area contributed by atoms with Gasteiger partial charge in [0.2, 0.25) is 0 Å². The molecular weight excluding hydrogens is 290 g/mol. The molecular formula is C18H27N3O2. The van der Waals surface area contributed by atoms with Crippen LogP contribution >= 0.6 is 0 Å². The number of rotatable bonds is 7. The fourth-order valence-electron chi connectivity index (χ4n) is 5.17. The van der Waals surface area contributed by atoms with E-state index in [0.717, 1.165) is 24.2 Å². The minimum atomic E-state index is -0.291. The number of nitrogens with one attached hydrogen (secondary N) is 2. The molecule has 0 aromatic heterocycles. The lowest BCUT2D eigenvalue weighted by Crippen LogP contribution is -2.57. The van der Waals surface area contributed by atoms with E-state index in [2.05, 4.69) is 10.6 Å². The molecule has 4 aliphatic rings. The number of methoxy groups -OCH3 is 1. The third-order valence-electron chi connectivity index (χ3n) is 5.74. The smallest absolute Gasteiger partial charge is 0.263 e. The van der Waals surface area contributed by atoms with Crippen molar-refractivity contribution in [3.8, 4) is 6.07 Å². The van der Waals surface area contributed by atoms with Crippen molar-refractivity contribution < 1.29 is 9.53 Å². The summed E-state index contributed by atoms with van der Waals surface area (Å²) < 4.78 is 4.95. The van der Waals surface area contributed by atoms with Gasteiger partial charge in [-0.15, -0.1) is 0 Å². The molecule has 4 saturated carbocycles. The second kappa shape index (κ2) is 6.92. The topological polar surface area (TPSA) is 74.1 Å². The van der Waals surface area contributed by atoms with E-state index in [1.807, 2.05) is 6.07 Å². The van der Waals surface area contributed by atoms with Crippen LogP contribution < -0.4 is 10.6 Å². The Morgan fingerprint density at radius 1 is 1.26 bits per heavy atom. The van der Waals surface area contributed by atoms with Gasteiger partial charge < -0.3 is 15.4 Å². The third-order valence-corrected chi connectivity index (χ3v) is 5.74. The zero-order valence-electron chi connectivity index (χ0n) is 13.9. The number of nitriles is 1. The molecule has 0 spiro atoms. The molecule has 23 heavy (non-hydrogen) atoms. The van der Waals surface area contributed by atoms with Crippen molar-refractivity contribution in [2.75, 3.05) is 20.3 Å².